The number of amides is 3. The molecule has 2 heterocycles. The molecule has 35 heavy (non-hydrogen) atoms. The van der Waals surface area contributed by atoms with Crippen molar-refractivity contribution in [3.05, 3.63) is 89.5 Å². The van der Waals surface area contributed by atoms with Crippen molar-refractivity contribution in [1.82, 2.24) is 14.7 Å². The van der Waals surface area contributed by atoms with Crippen molar-refractivity contribution in [1.29, 1.82) is 0 Å². The number of rotatable bonds is 7. The van der Waals surface area contributed by atoms with Crippen molar-refractivity contribution in [3.8, 4) is 0 Å². The van der Waals surface area contributed by atoms with E-state index in [-0.39, 0.29) is 24.3 Å². The van der Waals surface area contributed by atoms with E-state index in [1.54, 1.807) is 12.1 Å². The minimum atomic E-state index is -0.274. The van der Waals surface area contributed by atoms with Crippen molar-refractivity contribution in [2.24, 2.45) is 0 Å². The monoisotopic (exact) mass is 467 g/mol. The molecule has 0 unspecified atom stereocenters. The molecule has 6 nitrogen and oxygen atoms in total. The highest BCUT2D eigenvalue weighted by Crippen LogP contribution is 2.30. The van der Waals surface area contributed by atoms with Crippen molar-refractivity contribution in [2.45, 2.75) is 12.8 Å². The molecule has 3 amide bonds. The number of nitrogens with zero attached hydrogens (tertiary/aromatic N) is 3. The normalized spacial score (nSPS) is 16.5. The number of carbonyl (C=O) groups excluding carboxylic acids is 3. The maximum absolute atomic E-state index is 13.0. The minimum Gasteiger partial charge on any atom is -0.340 e. The summed E-state index contributed by atoms with van der Waals surface area (Å²) < 4.78 is 0. The molecule has 3 aromatic rings. The molecule has 0 radical (unpaired) electrons. The third-order valence-corrected chi connectivity index (χ3v) is 6.83. The van der Waals surface area contributed by atoms with Crippen LogP contribution in [0.4, 0.5) is 0 Å². The second-order valence-electron chi connectivity index (χ2n) is 9.07. The largest absolute Gasteiger partial charge is 0.340 e. The van der Waals surface area contributed by atoms with Crippen LogP contribution in [0.3, 0.4) is 0 Å². The summed E-state index contributed by atoms with van der Waals surface area (Å²) in [6.45, 7) is 4.20. The number of hydrogen-bond donors (Lipinski definition) is 0. The number of piperazine rings is 1. The number of carbonyl (C=O) groups is 3. The lowest BCUT2D eigenvalue weighted by Gasteiger charge is -2.34. The Morgan fingerprint density at radius 2 is 1.46 bits per heavy atom. The van der Waals surface area contributed by atoms with Crippen LogP contribution in [0.2, 0.25) is 0 Å². The van der Waals surface area contributed by atoms with Crippen molar-refractivity contribution in [2.75, 3.05) is 39.3 Å². The van der Waals surface area contributed by atoms with Crippen LogP contribution in [0.15, 0.2) is 72.8 Å². The smallest absolute Gasteiger partial charge is 0.261 e. The molecule has 5 rings (SSSR count). The fourth-order valence-electron chi connectivity index (χ4n) is 4.91. The Morgan fingerprint density at radius 3 is 2.11 bits per heavy atom. The molecule has 0 aromatic heterocycles. The molecule has 0 aliphatic carbocycles. The molecule has 6 heteroatoms. The Morgan fingerprint density at radius 1 is 0.800 bits per heavy atom. The molecule has 0 N–H and O–H groups in total. The van der Waals surface area contributed by atoms with Gasteiger partial charge in [0.1, 0.15) is 0 Å². The molecule has 0 spiro atoms. The highest BCUT2D eigenvalue weighted by Gasteiger charge is 2.32. The van der Waals surface area contributed by atoms with Crippen LogP contribution in [0.5, 0.6) is 0 Å². The Labute approximate surface area is 205 Å². The molecule has 2 aliphatic rings. The highest BCUT2D eigenvalue weighted by atomic mass is 16.2. The van der Waals surface area contributed by atoms with E-state index in [2.05, 4.69) is 29.2 Å². The fourth-order valence-corrected chi connectivity index (χ4v) is 4.91. The van der Waals surface area contributed by atoms with E-state index < -0.39 is 0 Å². The first-order valence-electron chi connectivity index (χ1n) is 12.2. The first-order valence-corrected chi connectivity index (χ1v) is 12.2. The van der Waals surface area contributed by atoms with Gasteiger partial charge in [-0.15, -0.1) is 0 Å². The zero-order valence-corrected chi connectivity index (χ0v) is 19.7. The molecule has 2 aliphatic heterocycles. The van der Waals surface area contributed by atoms with Crippen LogP contribution in [0.25, 0.3) is 16.8 Å². The van der Waals surface area contributed by atoms with Gasteiger partial charge in [0.15, 0.2) is 0 Å². The Kier molecular flexibility index (Phi) is 6.73. The van der Waals surface area contributed by atoms with Gasteiger partial charge in [-0.25, -0.2) is 0 Å². The standard InChI is InChI=1S/C29H29N3O3/c33-26(31-20-18-30(19-21-31)16-6-10-22-8-2-1-3-9-22)15-7-17-32-28(34)24-13-4-11-23-12-5-14-25(27(23)24)29(32)35/h1-6,8-14H,7,15-21H2/b10-6+. The molecule has 0 saturated carbocycles. The summed E-state index contributed by atoms with van der Waals surface area (Å²) >= 11 is 0. The van der Waals surface area contributed by atoms with Crippen molar-refractivity contribution < 1.29 is 14.4 Å². The Hall–Kier alpha value is -3.77. The second-order valence-corrected chi connectivity index (χ2v) is 9.07. The molecule has 1 fully saturated rings. The predicted octanol–water partition coefficient (Wildman–Crippen LogP) is 4.07. The average Bonchev–Trinajstić information content (AvgIpc) is 2.90. The van der Waals surface area contributed by atoms with Crippen LogP contribution in [-0.2, 0) is 4.79 Å². The third-order valence-electron chi connectivity index (χ3n) is 6.83. The van der Waals surface area contributed by atoms with Gasteiger partial charge in [0.25, 0.3) is 11.8 Å². The van der Waals surface area contributed by atoms with Crippen LogP contribution < -0.4 is 0 Å². The summed E-state index contributed by atoms with van der Waals surface area (Å²) in [5.41, 5.74) is 2.30. The lowest BCUT2D eigenvalue weighted by molar-refractivity contribution is -0.133. The molecule has 3 aromatic carbocycles. The summed E-state index contributed by atoms with van der Waals surface area (Å²) in [5, 5.41) is 1.63. The first-order chi connectivity index (χ1) is 17.1. The zero-order chi connectivity index (χ0) is 24.2. The van der Waals surface area contributed by atoms with Gasteiger partial charge < -0.3 is 4.90 Å². The van der Waals surface area contributed by atoms with Crippen molar-refractivity contribution >= 4 is 34.6 Å². The lowest BCUT2D eigenvalue weighted by atomic mass is 9.94. The maximum Gasteiger partial charge on any atom is 0.261 e. The fraction of sp³-hybridized carbons (Fsp3) is 0.276. The van der Waals surface area contributed by atoms with Gasteiger partial charge in [0.05, 0.1) is 0 Å². The maximum atomic E-state index is 13.0. The predicted molar refractivity (Wildman–Crippen MR) is 137 cm³/mol. The quantitative estimate of drug-likeness (QED) is 0.492. The van der Waals surface area contributed by atoms with E-state index in [4.69, 9.17) is 0 Å². The molecule has 178 valence electrons. The van der Waals surface area contributed by atoms with Crippen LogP contribution in [-0.4, -0.2) is 71.7 Å². The van der Waals surface area contributed by atoms with E-state index in [9.17, 15) is 14.4 Å². The number of imide groups is 1. The van der Waals surface area contributed by atoms with Gasteiger partial charge in [-0.1, -0.05) is 66.7 Å². The van der Waals surface area contributed by atoms with Crippen LogP contribution in [0.1, 0.15) is 39.1 Å². The van der Waals surface area contributed by atoms with E-state index in [1.807, 2.05) is 47.4 Å². The summed E-state index contributed by atoms with van der Waals surface area (Å²) in [6.07, 6.45) is 5.09. The van der Waals surface area contributed by atoms with E-state index in [0.717, 1.165) is 30.4 Å². The molecular weight excluding hydrogens is 438 g/mol. The van der Waals surface area contributed by atoms with Gasteiger partial charge >= 0.3 is 0 Å². The van der Waals surface area contributed by atoms with Gasteiger partial charge in [-0.05, 0) is 29.5 Å². The van der Waals surface area contributed by atoms with Gasteiger partial charge in [-0.2, -0.15) is 0 Å². The van der Waals surface area contributed by atoms with E-state index in [0.29, 0.717) is 37.1 Å². The molecular formula is C29H29N3O3. The van der Waals surface area contributed by atoms with Gasteiger partial charge in [0.2, 0.25) is 5.91 Å². The van der Waals surface area contributed by atoms with Gasteiger partial charge in [0, 0.05) is 62.2 Å². The summed E-state index contributed by atoms with van der Waals surface area (Å²) in [5.74, 6) is -0.461. The van der Waals surface area contributed by atoms with Crippen LogP contribution in [0, 0.1) is 0 Å². The third kappa shape index (κ3) is 4.88. The topological polar surface area (TPSA) is 60.9 Å². The lowest BCUT2D eigenvalue weighted by Crippen LogP contribution is -2.48. The molecule has 0 atom stereocenters. The SMILES string of the molecule is O=C(CCCN1C(=O)c2cccc3cccc(c23)C1=O)N1CCN(C/C=C/c2ccccc2)CC1. The van der Waals surface area contributed by atoms with Gasteiger partial charge in [-0.3, -0.25) is 24.2 Å². The molecule has 1 saturated heterocycles. The Bertz CT molecular complexity index is 1230. The van der Waals surface area contributed by atoms with E-state index in [1.165, 1.54) is 10.5 Å². The highest BCUT2D eigenvalue weighted by molar-refractivity contribution is 6.25. The second kappa shape index (κ2) is 10.2. The Balaban J connectivity index is 1.10. The number of hydrogen-bond acceptors (Lipinski definition) is 4. The first kappa shape index (κ1) is 23.0. The summed E-state index contributed by atoms with van der Waals surface area (Å²) in [6, 6.07) is 21.3. The summed E-state index contributed by atoms with van der Waals surface area (Å²) in [7, 11) is 0. The van der Waals surface area contributed by atoms with Crippen molar-refractivity contribution in [3.63, 3.8) is 0 Å². The number of benzene rings is 3. The minimum absolute atomic E-state index is 0.0869. The average molecular weight is 468 g/mol. The molecule has 0 bridgehead atoms. The zero-order valence-electron chi connectivity index (χ0n) is 19.7. The van der Waals surface area contributed by atoms with E-state index >= 15 is 0 Å². The van der Waals surface area contributed by atoms with Crippen LogP contribution >= 0.6 is 0 Å². The summed E-state index contributed by atoms with van der Waals surface area (Å²) in [4.78, 5) is 44.3.